The average Bonchev–Trinajstić information content (AvgIpc) is 3.04. The zero-order chi connectivity index (χ0) is 23.9. The molecule has 2 heterocycles. The van der Waals surface area contributed by atoms with Crippen molar-refractivity contribution >= 4 is 57.9 Å². The number of aryl methyl sites for hydroxylation is 1. The van der Waals surface area contributed by atoms with Crippen molar-refractivity contribution in [2.45, 2.75) is 13.0 Å². The van der Waals surface area contributed by atoms with Crippen LogP contribution in [-0.2, 0) is 9.59 Å². The number of amides is 1. The third-order valence-corrected chi connectivity index (χ3v) is 6.14. The molecule has 0 radical (unpaired) electrons. The number of ether oxygens (including phenoxy) is 1. The van der Waals surface area contributed by atoms with Crippen LogP contribution in [0.3, 0.4) is 0 Å². The summed E-state index contributed by atoms with van der Waals surface area (Å²) >= 11 is 18.6. The predicted molar refractivity (Wildman–Crippen MR) is 128 cm³/mol. The smallest absolute Gasteiger partial charge is 0.300 e. The Hall–Kier alpha value is -3.06. The Labute approximate surface area is 205 Å². The number of methoxy groups -OCH3 is 1. The third-order valence-electron chi connectivity index (χ3n) is 5.34. The van der Waals surface area contributed by atoms with Gasteiger partial charge in [-0.05, 0) is 54.4 Å². The molecule has 1 fully saturated rings. The minimum absolute atomic E-state index is 0.111. The van der Waals surface area contributed by atoms with Crippen molar-refractivity contribution in [1.29, 1.82) is 0 Å². The van der Waals surface area contributed by atoms with Gasteiger partial charge in [0, 0.05) is 28.7 Å². The van der Waals surface area contributed by atoms with Gasteiger partial charge in [0.2, 0.25) is 0 Å². The van der Waals surface area contributed by atoms with Crippen LogP contribution in [-0.4, -0.2) is 28.9 Å². The van der Waals surface area contributed by atoms with Gasteiger partial charge in [0.1, 0.15) is 5.76 Å². The molecule has 1 atom stereocenters. The van der Waals surface area contributed by atoms with Gasteiger partial charge in [0.05, 0.1) is 28.8 Å². The minimum atomic E-state index is -0.932. The van der Waals surface area contributed by atoms with Crippen molar-refractivity contribution in [3.05, 3.63) is 92.2 Å². The molecule has 9 heteroatoms. The predicted octanol–water partition coefficient (Wildman–Crippen LogP) is 5.99. The van der Waals surface area contributed by atoms with Crippen LogP contribution >= 0.6 is 34.8 Å². The molecule has 1 aliphatic rings. The first-order chi connectivity index (χ1) is 15.7. The first-order valence-electron chi connectivity index (χ1n) is 9.75. The molecule has 1 unspecified atom stereocenters. The molecule has 1 amide bonds. The van der Waals surface area contributed by atoms with E-state index in [1.807, 2.05) is 0 Å². The van der Waals surface area contributed by atoms with E-state index in [2.05, 4.69) is 4.98 Å². The number of hydrogen-bond donors (Lipinski definition) is 1. The summed E-state index contributed by atoms with van der Waals surface area (Å²) in [6, 6.07) is 10.3. The van der Waals surface area contributed by atoms with Crippen LogP contribution in [0.1, 0.15) is 22.7 Å². The molecule has 0 spiro atoms. The maximum absolute atomic E-state index is 13.2. The van der Waals surface area contributed by atoms with Crippen LogP contribution in [0.5, 0.6) is 5.75 Å². The van der Waals surface area contributed by atoms with Crippen molar-refractivity contribution in [2.75, 3.05) is 12.0 Å². The number of pyridine rings is 1. The van der Waals surface area contributed by atoms with Crippen molar-refractivity contribution in [3.63, 3.8) is 0 Å². The van der Waals surface area contributed by atoms with E-state index in [9.17, 15) is 14.7 Å². The highest BCUT2D eigenvalue weighted by atomic mass is 35.5. The van der Waals surface area contributed by atoms with Crippen LogP contribution in [0.4, 0.5) is 5.69 Å². The van der Waals surface area contributed by atoms with Gasteiger partial charge >= 0.3 is 0 Å². The lowest BCUT2D eigenvalue weighted by Gasteiger charge is -2.26. The number of aromatic nitrogens is 1. The quantitative estimate of drug-likeness (QED) is 0.269. The molecule has 2 aromatic carbocycles. The number of hydrogen-bond acceptors (Lipinski definition) is 5. The highest BCUT2D eigenvalue weighted by Crippen LogP contribution is 2.44. The number of nitrogens with zero attached hydrogens (tertiary/aromatic N) is 2. The Morgan fingerprint density at radius 2 is 1.79 bits per heavy atom. The molecule has 3 aromatic rings. The summed E-state index contributed by atoms with van der Waals surface area (Å²) in [6.07, 6.45) is 3.11. The van der Waals surface area contributed by atoms with E-state index in [1.54, 1.807) is 43.5 Å². The number of aliphatic hydroxyl groups excluding tert-OH is 1. The number of carbonyl (C=O) groups is 2. The van der Waals surface area contributed by atoms with Crippen molar-refractivity contribution < 1.29 is 19.4 Å². The Morgan fingerprint density at radius 1 is 1.09 bits per heavy atom. The van der Waals surface area contributed by atoms with E-state index in [4.69, 9.17) is 39.5 Å². The molecule has 0 bridgehead atoms. The van der Waals surface area contributed by atoms with E-state index in [-0.39, 0.29) is 26.9 Å². The summed E-state index contributed by atoms with van der Waals surface area (Å²) in [4.78, 5) is 31.9. The topological polar surface area (TPSA) is 79.7 Å². The maximum atomic E-state index is 13.2. The molecule has 33 heavy (non-hydrogen) atoms. The number of anilines is 1. The fourth-order valence-corrected chi connectivity index (χ4v) is 4.74. The average molecular weight is 504 g/mol. The second-order valence-electron chi connectivity index (χ2n) is 7.36. The highest BCUT2D eigenvalue weighted by Gasteiger charge is 2.47. The lowest BCUT2D eigenvalue weighted by Crippen LogP contribution is -2.30. The van der Waals surface area contributed by atoms with E-state index >= 15 is 0 Å². The van der Waals surface area contributed by atoms with Gasteiger partial charge in [0.15, 0.2) is 5.75 Å². The second kappa shape index (κ2) is 9.06. The summed E-state index contributed by atoms with van der Waals surface area (Å²) in [7, 11) is 1.41. The number of Topliss-reactive ketones (excluding diaryl/α,β-unsaturated/α-hetero) is 1. The summed E-state index contributed by atoms with van der Waals surface area (Å²) in [5.74, 6) is -1.82. The number of carbonyl (C=O) groups excluding carboxylic acids is 2. The van der Waals surface area contributed by atoms with Crippen LogP contribution in [0.25, 0.3) is 5.76 Å². The molecule has 4 rings (SSSR count). The summed E-state index contributed by atoms with van der Waals surface area (Å²) in [5.41, 5.74) is 1.78. The minimum Gasteiger partial charge on any atom is -0.507 e. The molecule has 0 saturated carbocycles. The zero-order valence-electron chi connectivity index (χ0n) is 17.5. The van der Waals surface area contributed by atoms with Gasteiger partial charge < -0.3 is 9.84 Å². The first-order valence-corrected chi connectivity index (χ1v) is 10.9. The summed E-state index contributed by atoms with van der Waals surface area (Å²) < 4.78 is 5.15. The first kappa shape index (κ1) is 23.1. The Balaban J connectivity index is 1.97. The van der Waals surface area contributed by atoms with Gasteiger partial charge in [-0.25, -0.2) is 0 Å². The fourth-order valence-electron chi connectivity index (χ4n) is 3.87. The maximum Gasteiger partial charge on any atom is 0.300 e. The number of benzene rings is 2. The standard InChI is InChI=1S/C24H17Cl3N2O4/c1-12-8-15(25)5-6-18(12)29-20(13-4-3-7-28-11-13)19(22(31)24(29)32)21(30)14-9-16(26)23(33-2)17(27)10-14/h3-11,20,30H,1-2H3/b21-19+. The van der Waals surface area contributed by atoms with E-state index in [0.29, 0.717) is 21.8 Å². The Bertz CT molecular complexity index is 1290. The highest BCUT2D eigenvalue weighted by molar-refractivity contribution is 6.52. The lowest BCUT2D eigenvalue weighted by atomic mass is 9.96. The van der Waals surface area contributed by atoms with E-state index in [0.717, 1.165) is 0 Å². The summed E-state index contributed by atoms with van der Waals surface area (Å²) in [5, 5.41) is 12.0. The Kier molecular flexibility index (Phi) is 6.34. The monoisotopic (exact) mass is 502 g/mol. The largest absolute Gasteiger partial charge is 0.507 e. The molecule has 1 aromatic heterocycles. The molecule has 6 nitrogen and oxygen atoms in total. The van der Waals surface area contributed by atoms with Crippen molar-refractivity contribution in [1.82, 2.24) is 4.98 Å². The van der Waals surface area contributed by atoms with E-state index in [1.165, 1.54) is 30.3 Å². The normalized spacial score (nSPS) is 17.5. The van der Waals surface area contributed by atoms with Gasteiger partial charge in [0.25, 0.3) is 11.7 Å². The van der Waals surface area contributed by atoms with E-state index < -0.39 is 23.5 Å². The fraction of sp³-hybridized carbons (Fsp3) is 0.125. The lowest BCUT2D eigenvalue weighted by molar-refractivity contribution is -0.132. The van der Waals surface area contributed by atoms with Crippen LogP contribution < -0.4 is 9.64 Å². The number of ketones is 1. The third kappa shape index (κ3) is 4.06. The SMILES string of the molecule is COc1c(Cl)cc(/C(O)=C2\C(=O)C(=O)N(c3ccc(Cl)cc3C)C2c2cccnc2)cc1Cl. The van der Waals surface area contributed by atoms with Gasteiger partial charge in [-0.1, -0.05) is 40.9 Å². The molecule has 168 valence electrons. The molecule has 1 saturated heterocycles. The summed E-state index contributed by atoms with van der Waals surface area (Å²) in [6.45, 7) is 1.78. The molecular weight excluding hydrogens is 487 g/mol. The van der Waals surface area contributed by atoms with Gasteiger partial charge in [-0.15, -0.1) is 0 Å². The van der Waals surface area contributed by atoms with Gasteiger partial charge in [-0.2, -0.15) is 0 Å². The van der Waals surface area contributed by atoms with Gasteiger partial charge in [-0.3, -0.25) is 19.5 Å². The number of aliphatic hydroxyl groups is 1. The Morgan fingerprint density at radius 3 is 2.36 bits per heavy atom. The zero-order valence-corrected chi connectivity index (χ0v) is 19.7. The molecule has 0 aliphatic carbocycles. The molecule has 1 N–H and O–H groups in total. The number of rotatable bonds is 4. The van der Waals surface area contributed by atoms with Crippen LogP contribution in [0, 0.1) is 6.92 Å². The van der Waals surface area contributed by atoms with Crippen molar-refractivity contribution in [3.8, 4) is 5.75 Å². The van der Waals surface area contributed by atoms with Crippen molar-refractivity contribution in [2.24, 2.45) is 0 Å². The number of halogens is 3. The second-order valence-corrected chi connectivity index (χ2v) is 8.61. The van der Waals surface area contributed by atoms with Crippen LogP contribution in [0.2, 0.25) is 15.1 Å². The molecule has 1 aliphatic heterocycles. The molecular formula is C24H17Cl3N2O4. The van der Waals surface area contributed by atoms with Crippen LogP contribution in [0.15, 0.2) is 60.4 Å².